The van der Waals surface area contributed by atoms with E-state index in [0.29, 0.717) is 5.69 Å². The number of hydrogen-bond donors (Lipinski definition) is 2. The van der Waals surface area contributed by atoms with Crippen molar-refractivity contribution in [2.75, 3.05) is 5.32 Å². The fraction of sp³-hybridized carbons (Fsp3) is 0.200. The van der Waals surface area contributed by atoms with Crippen LogP contribution in [0.2, 0.25) is 5.02 Å². The van der Waals surface area contributed by atoms with E-state index in [1.165, 1.54) is 24.0 Å². The molecule has 11 nitrogen and oxygen atoms in total. The second kappa shape index (κ2) is 11.6. The molecule has 0 fully saturated rings. The molecule has 2 heterocycles. The van der Waals surface area contributed by atoms with E-state index in [-0.39, 0.29) is 22.7 Å². The minimum Gasteiger partial charge on any atom is -0.376 e. The Labute approximate surface area is 237 Å². The second-order valence-corrected chi connectivity index (χ2v) is 10.7. The Bertz CT molecular complexity index is 1690. The Morgan fingerprint density at radius 3 is 2.39 bits per heavy atom. The summed E-state index contributed by atoms with van der Waals surface area (Å²) in [5.74, 6) is -2.02. The highest BCUT2D eigenvalue weighted by atomic mass is 35.5. The largest absolute Gasteiger partial charge is 0.534 e. The molecule has 2 N–H and O–H groups in total. The summed E-state index contributed by atoms with van der Waals surface area (Å²) in [5, 5.41) is 9.17. The highest BCUT2D eigenvalue weighted by Gasteiger charge is 2.48. The van der Waals surface area contributed by atoms with Crippen molar-refractivity contribution in [1.29, 1.82) is 0 Å². The van der Waals surface area contributed by atoms with Gasteiger partial charge < -0.3 is 19.4 Å². The molecule has 0 aliphatic carbocycles. The predicted molar refractivity (Wildman–Crippen MR) is 142 cm³/mol. The molecule has 1 unspecified atom stereocenters. The van der Waals surface area contributed by atoms with Crippen molar-refractivity contribution < 1.29 is 35.4 Å². The van der Waals surface area contributed by atoms with E-state index in [9.17, 15) is 31.2 Å². The number of alkyl halides is 3. The van der Waals surface area contributed by atoms with Gasteiger partial charge in [-0.3, -0.25) is 14.3 Å². The monoisotopic (exact) mass is 610 g/mol. The van der Waals surface area contributed by atoms with Crippen molar-refractivity contribution in [3.05, 3.63) is 83.5 Å². The molecule has 0 bridgehead atoms. The molecule has 41 heavy (non-hydrogen) atoms. The molecule has 216 valence electrons. The van der Waals surface area contributed by atoms with E-state index in [2.05, 4.69) is 24.9 Å². The van der Waals surface area contributed by atoms with Gasteiger partial charge >= 0.3 is 15.6 Å². The van der Waals surface area contributed by atoms with Crippen LogP contribution in [-0.4, -0.2) is 51.1 Å². The molecule has 2 amide bonds. The van der Waals surface area contributed by atoms with Crippen LogP contribution in [-0.2, 0) is 35.4 Å². The van der Waals surface area contributed by atoms with Crippen LogP contribution in [0.3, 0.4) is 0 Å². The Hall–Kier alpha value is -4.37. The number of aromatic nitrogens is 4. The smallest absolute Gasteiger partial charge is 0.376 e. The molecule has 0 radical (unpaired) electrons. The third-order valence-electron chi connectivity index (χ3n) is 5.87. The van der Waals surface area contributed by atoms with Crippen molar-refractivity contribution in [3.8, 4) is 17.0 Å². The number of rotatable bonds is 9. The molecule has 16 heteroatoms. The predicted octanol–water partition coefficient (Wildman–Crippen LogP) is 3.68. The van der Waals surface area contributed by atoms with Crippen molar-refractivity contribution >= 4 is 39.2 Å². The summed E-state index contributed by atoms with van der Waals surface area (Å²) in [6.45, 7) is 0. The Morgan fingerprint density at radius 2 is 1.80 bits per heavy atom. The highest BCUT2D eigenvalue weighted by molar-refractivity contribution is 7.88. The van der Waals surface area contributed by atoms with Crippen molar-refractivity contribution in [2.24, 2.45) is 14.1 Å². The number of anilines is 1. The number of carbonyl (C=O) groups is 2. The van der Waals surface area contributed by atoms with Gasteiger partial charge in [-0.1, -0.05) is 23.7 Å². The van der Waals surface area contributed by atoms with Gasteiger partial charge in [-0.25, -0.2) is 4.98 Å². The van der Waals surface area contributed by atoms with E-state index < -0.39 is 39.2 Å². The summed E-state index contributed by atoms with van der Waals surface area (Å²) in [4.78, 5) is 30.3. The van der Waals surface area contributed by atoms with Crippen LogP contribution in [0.5, 0.6) is 5.75 Å². The van der Waals surface area contributed by atoms with Gasteiger partial charge in [0.15, 0.2) is 0 Å². The van der Waals surface area contributed by atoms with Crippen molar-refractivity contribution in [1.82, 2.24) is 24.6 Å². The summed E-state index contributed by atoms with van der Waals surface area (Å²) >= 11 is 6.21. The molecular weight excluding hydrogens is 589 g/mol. The number of amides is 2. The van der Waals surface area contributed by atoms with Gasteiger partial charge in [-0.15, -0.1) is 0 Å². The average Bonchev–Trinajstić information content (AvgIpc) is 3.53. The van der Waals surface area contributed by atoms with E-state index in [0.717, 1.165) is 29.5 Å². The second-order valence-electron chi connectivity index (χ2n) is 8.76. The molecule has 4 rings (SSSR count). The SMILES string of the molecule is Cn1cncc1-c1ccc(NC(=O)C(Cc2cc(OS(=O)(=O)C(F)(F)F)ccc2Cl)NC(=O)c2ccnn2C)cc1. The number of imidazole rings is 1. The molecule has 0 spiro atoms. The maximum Gasteiger partial charge on any atom is 0.534 e. The molecule has 0 saturated heterocycles. The zero-order chi connectivity index (χ0) is 29.9. The highest BCUT2D eigenvalue weighted by Crippen LogP contribution is 2.30. The van der Waals surface area contributed by atoms with E-state index in [1.54, 1.807) is 36.8 Å². The Morgan fingerprint density at radius 1 is 1.10 bits per heavy atom. The van der Waals surface area contributed by atoms with Gasteiger partial charge in [0.05, 0.1) is 18.2 Å². The van der Waals surface area contributed by atoms with Crippen LogP contribution in [0.15, 0.2) is 67.3 Å². The van der Waals surface area contributed by atoms with Gasteiger partial charge in [0.1, 0.15) is 17.5 Å². The molecule has 2 aromatic carbocycles. The average molecular weight is 611 g/mol. The quantitative estimate of drug-likeness (QED) is 0.218. The van der Waals surface area contributed by atoms with E-state index in [1.807, 2.05) is 11.6 Å². The number of halogens is 4. The third kappa shape index (κ3) is 6.86. The fourth-order valence-corrected chi connectivity index (χ4v) is 4.43. The van der Waals surface area contributed by atoms with Gasteiger partial charge in [0, 0.05) is 37.4 Å². The van der Waals surface area contributed by atoms with Crippen molar-refractivity contribution in [2.45, 2.75) is 18.0 Å². The number of hydrogen-bond acceptors (Lipinski definition) is 7. The van der Waals surface area contributed by atoms with Crippen LogP contribution in [0.25, 0.3) is 11.3 Å². The van der Waals surface area contributed by atoms with E-state index >= 15 is 0 Å². The first-order valence-electron chi connectivity index (χ1n) is 11.7. The molecule has 0 aliphatic heterocycles. The maximum absolute atomic E-state index is 13.3. The standard InChI is InChI=1S/C25H22ClF3N6O5S/c1-34-14-30-13-22(34)15-3-5-17(6-4-15)32-23(36)20(33-24(37)21-9-10-31-35(21)2)12-16-11-18(7-8-19(16)26)40-41(38,39)25(27,28)29/h3-11,13-14,20H,12H2,1-2H3,(H,32,36)(H,33,37). The topological polar surface area (TPSA) is 137 Å². The number of carbonyl (C=O) groups excluding carboxylic acids is 2. The minimum absolute atomic E-state index is 0.00475. The maximum atomic E-state index is 13.3. The first-order chi connectivity index (χ1) is 19.2. The summed E-state index contributed by atoms with van der Waals surface area (Å²) in [5.41, 5.74) is -3.42. The Balaban J connectivity index is 1.59. The number of nitrogens with one attached hydrogen (secondary N) is 2. The third-order valence-corrected chi connectivity index (χ3v) is 7.22. The van der Waals surface area contributed by atoms with Gasteiger partial charge in [-0.2, -0.15) is 26.7 Å². The summed E-state index contributed by atoms with van der Waals surface area (Å²) in [6.07, 6.45) is 4.38. The van der Waals surface area contributed by atoms with Crippen LogP contribution in [0.1, 0.15) is 16.1 Å². The van der Waals surface area contributed by atoms with Crippen LogP contribution in [0.4, 0.5) is 18.9 Å². The van der Waals surface area contributed by atoms with Gasteiger partial charge in [-0.05, 0) is 47.5 Å². The zero-order valence-corrected chi connectivity index (χ0v) is 23.0. The number of benzene rings is 2. The fourth-order valence-electron chi connectivity index (χ4n) is 3.78. The summed E-state index contributed by atoms with van der Waals surface area (Å²) < 4.78 is 68.6. The minimum atomic E-state index is -5.95. The van der Waals surface area contributed by atoms with Gasteiger partial charge in [0.25, 0.3) is 5.91 Å². The number of aryl methyl sites for hydroxylation is 2. The van der Waals surface area contributed by atoms with Crippen LogP contribution in [0, 0.1) is 0 Å². The summed E-state index contributed by atoms with van der Waals surface area (Å²) in [6, 6.07) is 9.92. The zero-order valence-electron chi connectivity index (χ0n) is 21.4. The molecule has 1 atom stereocenters. The van der Waals surface area contributed by atoms with Crippen LogP contribution >= 0.6 is 11.6 Å². The van der Waals surface area contributed by atoms with Gasteiger partial charge in [0.2, 0.25) is 5.91 Å². The van der Waals surface area contributed by atoms with Crippen molar-refractivity contribution in [3.63, 3.8) is 0 Å². The molecule has 2 aromatic heterocycles. The van der Waals surface area contributed by atoms with Crippen LogP contribution < -0.4 is 14.8 Å². The normalized spacial score (nSPS) is 12.5. The number of nitrogens with zero attached hydrogens (tertiary/aromatic N) is 4. The molecular formula is C25H22ClF3N6O5S. The lowest BCUT2D eigenvalue weighted by molar-refractivity contribution is -0.118. The first kappa shape index (κ1) is 29.6. The lowest BCUT2D eigenvalue weighted by Gasteiger charge is -2.20. The first-order valence-corrected chi connectivity index (χ1v) is 13.5. The molecule has 0 aliphatic rings. The molecule has 0 saturated carbocycles. The summed E-state index contributed by atoms with van der Waals surface area (Å²) in [7, 11) is -2.60. The van der Waals surface area contributed by atoms with E-state index in [4.69, 9.17) is 11.6 Å². The Kier molecular flexibility index (Phi) is 8.39. The lowest BCUT2D eigenvalue weighted by Crippen LogP contribution is -2.45. The molecule has 4 aromatic rings. The lowest BCUT2D eigenvalue weighted by atomic mass is 10.0.